The number of aryl methyl sites for hydroxylation is 1. The maximum Gasteiger partial charge on any atom is 0.317 e. The molecule has 1 heterocycles. The highest BCUT2D eigenvalue weighted by molar-refractivity contribution is 5.76. The lowest BCUT2D eigenvalue weighted by molar-refractivity contribution is -0.137. The van der Waals surface area contributed by atoms with Crippen LogP contribution in [0.2, 0.25) is 0 Å². The van der Waals surface area contributed by atoms with Gasteiger partial charge < -0.3 is 20.1 Å². The first-order chi connectivity index (χ1) is 11.0. The molecule has 2 N–H and O–H groups in total. The predicted molar refractivity (Wildman–Crippen MR) is 86.6 cm³/mol. The highest BCUT2D eigenvalue weighted by Crippen LogP contribution is 2.19. The van der Waals surface area contributed by atoms with Crippen molar-refractivity contribution in [3.05, 3.63) is 29.8 Å². The molecule has 1 saturated heterocycles. The number of carbonyl (C=O) groups is 2. The molecule has 126 valence electrons. The van der Waals surface area contributed by atoms with E-state index in [0.717, 1.165) is 17.7 Å². The topological polar surface area (TPSA) is 78.9 Å². The minimum absolute atomic E-state index is 0.00773. The minimum atomic E-state index is -0.895. The Morgan fingerprint density at radius 2 is 2.17 bits per heavy atom. The normalized spacial score (nSPS) is 15.7. The van der Waals surface area contributed by atoms with Crippen LogP contribution in [0.5, 0.6) is 5.75 Å². The number of rotatable bonds is 7. The van der Waals surface area contributed by atoms with E-state index in [1.807, 2.05) is 38.1 Å². The van der Waals surface area contributed by atoms with Crippen LogP contribution in [0.15, 0.2) is 24.3 Å². The summed E-state index contributed by atoms with van der Waals surface area (Å²) in [6.07, 6.45) is 1.44. The molecule has 0 saturated carbocycles. The molecule has 6 heteroatoms. The van der Waals surface area contributed by atoms with Crippen LogP contribution in [0.3, 0.4) is 0 Å². The zero-order chi connectivity index (χ0) is 16.8. The molecule has 1 aliphatic heterocycles. The van der Waals surface area contributed by atoms with Gasteiger partial charge in [-0.05, 0) is 31.0 Å². The molecule has 1 atom stereocenters. The van der Waals surface area contributed by atoms with Crippen LogP contribution in [0.1, 0.15) is 31.7 Å². The summed E-state index contributed by atoms with van der Waals surface area (Å²) >= 11 is 0. The van der Waals surface area contributed by atoms with E-state index in [1.165, 1.54) is 0 Å². The number of carboxylic acids is 1. The van der Waals surface area contributed by atoms with E-state index < -0.39 is 5.97 Å². The van der Waals surface area contributed by atoms with Crippen LogP contribution in [0.25, 0.3) is 0 Å². The molecule has 2 rings (SSSR count). The summed E-state index contributed by atoms with van der Waals surface area (Å²) in [5.41, 5.74) is 1.13. The Bertz CT molecular complexity index is 555. The SMILES string of the molecule is CCC[C@@H](CC(=O)O)NC(=O)N1CC(Oc2cccc(C)c2)C1. The number of benzene rings is 1. The van der Waals surface area contributed by atoms with Crippen molar-refractivity contribution in [2.45, 2.75) is 45.3 Å². The minimum Gasteiger partial charge on any atom is -0.487 e. The Labute approximate surface area is 136 Å². The lowest BCUT2D eigenvalue weighted by Gasteiger charge is -2.39. The van der Waals surface area contributed by atoms with Gasteiger partial charge in [-0.15, -0.1) is 0 Å². The van der Waals surface area contributed by atoms with Crippen molar-refractivity contribution in [3.63, 3.8) is 0 Å². The van der Waals surface area contributed by atoms with Crippen LogP contribution < -0.4 is 10.1 Å². The fourth-order valence-corrected chi connectivity index (χ4v) is 2.61. The number of nitrogens with one attached hydrogen (secondary N) is 1. The average molecular weight is 320 g/mol. The molecule has 0 radical (unpaired) electrons. The molecule has 0 aliphatic carbocycles. The molecular weight excluding hydrogens is 296 g/mol. The van der Waals surface area contributed by atoms with Crippen molar-refractivity contribution in [1.29, 1.82) is 0 Å². The van der Waals surface area contributed by atoms with Crippen LogP contribution in [-0.4, -0.2) is 47.2 Å². The van der Waals surface area contributed by atoms with Crippen LogP contribution in [-0.2, 0) is 4.79 Å². The van der Waals surface area contributed by atoms with Gasteiger partial charge in [0, 0.05) is 6.04 Å². The monoisotopic (exact) mass is 320 g/mol. The van der Waals surface area contributed by atoms with Gasteiger partial charge in [0.2, 0.25) is 0 Å². The average Bonchev–Trinajstić information content (AvgIpc) is 2.41. The molecule has 2 amide bonds. The number of aliphatic carboxylic acids is 1. The first kappa shape index (κ1) is 17.1. The maximum atomic E-state index is 12.1. The van der Waals surface area contributed by atoms with Gasteiger partial charge in [-0.2, -0.15) is 0 Å². The second-order valence-corrected chi connectivity index (χ2v) is 5.99. The number of nitrogens with zero attached hydrogens (tertiary/aromatic N) is 1. The number of ether oxygens (including phenoxy) is 1. The largest absolute Gasteiger partial charge is 0.487 e. The Morgan fingerprint density at radius 1 is 1.43 bits per heavy atom. The molecular formula is C17H24N2O4. The lowest BCUT2D eigenvalue weighted by Crippen LogP contribution is -2.60. The van der Waals surface area contributed by atoms with E-state index in [-0.39, 0.29) is 24.6 Å². The van der Waals surface area contributed by atoms with Crippen molar-refractivity contribution >= 4 is 12.0 Å². The van der Waals surface area contributed by atoms with Crippen LogP contribution >= 0.6 is 0 Å². The van der Waals surface area contributed by atoms with E-state index in [4.69, 9.17) is 9.84 Å². The molecule has 0 bridgehead atoms. The first-order valence-electron chi connectivity index (χ1n) is 7.98. The predicted octanol–water partition coefficient (Wildman–Crippen LogP) is 2.41. The van der Waals surface area contributed by atoms with Gasteiger partial charge in [0.25, 0.3) is 0 Å². The number of hydrogen-bond acceptors (Lipinski definition) is 3. The highest BCUT2D eigenvalue weighted by Gasteiger charge is 2.33. The zero-order valence-electron chi connectivity index (χ0n) is 13.6. The third-order valence-electron chi connectivity index (χ3n) is 3.81. The molecule has 0 unspecified atom stereocenters. The zero-order valence-corrected chi connectivity index (χ0v) is 13.6. The van der Waals surface area contributed by atoms with Gasteiger partial charge in [-0.3, -0.25) is 4.79 Å². The highest BCUT2D eigenvalue weighted by atomic mass is 16.5. The van der Waals surface area contributed by atoms with Crippen molar-refractivity contribution in [1.82, 2.24) is 10.2 Å². The van der Waals surface area contributed by atoms with E-state index in [9.17, 15) is 9.59 Å². The number of likely N-dealkylation sites (tertiary alicyclic amines) is 1. The summed E-state index contributed by atoms with van der Waals surface area (Å²) in [7, 11) is 0. The van der Waals surface area contributed by atoms with Crippen molar-refractivity contribution in [2.75, 3.05) is 13.1 Å². The van der Waals surface area contributed by atoms with Gasteiger partial charge >= 0.3 is 12.0 Å². The molecule has 1 aromatic rings. The van der Waals surface area contributed by atoms with E-state index in [1.54, 1.807) is 4.90 Å². The van der Waals surface area contributed by atoms with Gasteiger partial charge in [0.15, 0.2) is 0 Å². The van der Waals surface area contributed by atoms with Gasteiger partial charge in [-0.25, -0.2) is 4.79 Å². The summed E-state index contributed by atoms with van der Waals surface area (Å²) in [6, 6.07) is 7.28. The number of amides is 2. The Kier molecular flexibility index (Phi) is 5.84. The smallest absolute Gasteiger partial charge is 0.317 e. The number of hydrogen-bond donors (Lipinski definition) is 2. The lowest BCUT2D eigenvalue weighted by atomic mass is 10.1. The second-order valence-electron chi connectivity index (χ2n) is 5.99. The third-order valence-corrected chi connectivity index (χ3v) is 3.81. The standard InChI is InChI=1S/C17H24N2O4/c1-3-5-13(9-16(20)21)18-17(22)19-10-15(11-19)23-14-7-4-6-12(2)8-14/h4,6-8,13,15H,3,5,9-11H2,1-2H3,(H,18,22)(H,20,21)/t13-/m0/s1. The van der Waals surface area contributed by atoms with Crippen molar-refractivity contribution in [3.8, 4) is 5.75 Å². The Hall–Kier alpha value is -2.24. The third kappa shape index (κ3) is 5.16. The molecule has 23 heavy (non-hydrogen) atoms. The summed E-state index contributed by atoms with van der Waals surface area (Å²) < 4.78 is 5.81. The number of carboxylic acid groups (broad SMARTS) is 1. The number of carbonyl (C=O) groups excluding carboxylic acids is 1. The fraction of sp³-hybridized carbons (Fsp3) is 0.529. The maximum absolute atomic E-state index is 12.1. The second kappa shape index (κ2) is 7.85. The summed E-state index contributed by atoms with van der Waals surface area (Å²) in [4.78, 5) is 24.6. The van der Waals surface area contributed by atoms with Gasteiger partial charge in [0.1, 0.15) is 11.9 Å². The van der Waals surface area contributed by atoms with Gasteiger partial charge in [-0.1, -0.05) is 25.5 Å². The quantitative estimate of drug-likeness (QED) is 0.808. The molecule has 0 spiro atoms. The van der Waals surface area contributed by atoms with Gasteiger partial charge in [0.05, 0.1) is 19.5 Å². The van der Waals surface area contributed by atoms with Crippen LogP contribution in [0.4, 0.5) is 4.79 Å². The molecule has 6 nitrogen and oxygen atoms in total. The molecule has 1 aliphatic rings. The summed E-state index contributed by atoms with van der Waals surface area (Å²) in [6.45, 7) is 5.01. The summed E-state index contributed by atoms with van der Waals surface area (Å²) in [5, 5.41) is 11.7. The summed E-state index contributed by atoms with van der Waals surface area (Å²) in [5.74, 6) is -0.0854. The Morgan fingerprint density at radius 3 is 2.78 bits per heavy atom. The van der Waals surface area contributed by atoms with Crippen molar-refractivity contribution in [2.24, 2.45) is 0 Å². The molecule has 0 aromatic heterocycles. The van der Waals surface area contributed by atoms with E-state index >= 15 is 0 Å². The van der Waals surface area contributed by atoms with Crippen LogP contribution in [0, 0.1) is 6.92 Å². The first-order valence-corrected chi connectivity index (χ1v) is 7.98. The molecule has 1 aromatic carbocycles. The molecule has 1 fully saturated rings. The Balaban J connectivity index is 1.77. The fourth-order valence-electron chi connectivity index (χ4n) is 2.61. The van der Waals surface area contributed by atoms with E-state index in [0.29, 0.717) is 19.5 Å². The van der Waals surface area contributed by atoms with E-state index in [2.05, 4.69) is 5.32 Å². The van der Waals surface area contributed by atoms with Crippen molar-refractivity contribution < 1.29 is 19.4 Å². The number of urea groups is 1.